The van der Waals surface area contributed by atoms with Crippen molar-refractivity contribution in [1.29, 1.82) is 5.26 Å². The molecule has 0 spiro atoms. The lowest BCUT2D eigenvalue weighted by molar-refractivity contribution is -0.112. The molecule has 1 aliphatic heterocycles. The van der Waals surface area contributed by atoms with E-state index in [4.69, 9.17) is 0 Å². The predicted molar refractivity (Wildman–Crippen MR) is 119 cm³/mol. The lowest BCUT2D eigenvalue weighted by Crippen LogP contribution is -2.29. The number of carbonyl (C=O) groups is 1. The lowest BCUT2D eigenvalue weighted by Gasteiger charge is -2.28. The molecule has 2 N–H and O–H groups in total. The SMILES string of the molecule is Cc1cc(C)c(NC(=O)/C(C#N)=C\Nc2ccc(N3CCCCC3)cc2)c(C)c1. The Kier molecular flexibility index (Phi) is 6.56. The summed E-state index contributed by atoms with van der Waals surface area (Å²) in [5.74, 6) is -0.417. The fourth-order valence-corrected chi connectivity index (χ4v) is 3.78. The van der Waals surface area contributed by atoms with Crippen LogP contribution in [0.15, 0.2) is 48.2 Å². The second-order valence-corrected chi connectivity index (χ2v) is 7.64. The Bertz CT molecular complexity index is 925. The van der Waals surface area contributed by atoms with Crippen LogP contribution in [-0.2, 0) is 4.79 Å². The number of piperidine rings is 1. The first-order valence-electron chi connectivity index (χ1n) is 10.1. The molecule has 1 heterocycles. The van der Waals surface area contributed by atoms with Gasteiger partial charge in [-0.2, -0.15) is 5.26 Å². The van der Waals surface area contributed by atoms with Gasteiger partial charge in [0.25, 0.3) is 5.91 Å². The van der Waals surface area contributed by atoms with E-state index in [1.165, 1.54) is 31.1 Å². The first kappa shape index (κ1) is 20.5. The number of nitrogens with zero attached hydrogens (tertiary/aromatic N) is 2. The van der Waals surface area contributed by atoms with Crippen molar-refractivity contribution in [2.24, 2.45) is 0 Å². The second-order valence-electron chi connectivity index (χ2n) is 7.64. The van der Waals surface area contributed by atoms with Crippen molar-refractivity contribution >= 4 is 23.0 Å². The maximum atomic E-state index is 12.6. The number of hydrogen-bond acceptors (Lipinski definition) is 4. The van der Waals surface area contributed by atoms with Crippen molar-refractivity contribution in [1.82, 2.24) is 0 Å². The molecule has 5 nitrogen and oxygen atoms in total. The molecule has 5 heteroatoms. The van der Waals surface area contributed by atoms with Gasteiger partial charge < -0.3 is 15.5 Å². The van der Waals surface area contributed by atoms with Crippen LogP contribution in [0, 0.1) is 32.1 Å². The Morgan fingerprint density at radius 3 is 2.24 bits per heavy atom. The largest absolute Gasteiger partial charge is 0.372 e. The highest BCUT2D eigenvalue weighted by Crippen LogP contribution is 2.23. The zero-order chi connectivity index (χ0) is 20.8. The Labute approximate surface area is 173 Å². The Hall–Kier alpha value is -3.26. The maximum Gasteiger partial charge on any atom is 0.267 e. The minimum Gasteiger partial charge on any atom is -0.372 e. The quantitative estimate of drug-likeness (QED) is 0.555. The number of amides is 1. The molecule has 1 aliphatic rings. The standard InChI is InChI=1S/C24H28N4O/c1-17-13-18(2)23(19(3)14-17)27-24(29)20(15-25)16-26-21-7-9-22(10-8-21)28-11-5-4-6-12-28/h7-10,13-14,16,26H,4-6,11-12H2,1-3H3,(H,27,29)/b20-16-. The van der Waals surface area contributed by atoms with Crippen LogP contribution in [0.3, 0.4) is 0 Å². The highest BCUT2D eigenvalue weighted by molar-refractivity contribution is 6.07. The van der Waals surface area contributed by atoms with E-state index in [0.29, 0.717) is 0 Å². The van der Waals surface area contributed by atoms with Gasteiger partial charge in [0, 0.05) is 36.4 Å². The summed E-state index contributed by atoms with van der Waals surface area (Å²) in [6.07, 6.45) is 5.25. The summed E-state index contributed by atoms with van der Waals surface area (Å²) in [6.45, 7) is 8.13. The van der Waals surface area contributed by atoms with Gasteiger partial charge >= 0.3 is 0 Å². The molecule has 0 aliphatic carbocycles. The summed E-state index contributed by atoms with van der Waals surface area (Å²) in [5, 5.41) is 15.4. The number of nitrogens with one attached hydrogen (secondary N) is 2. The molecule has 2 aromatic carbocycles. The van der Waals surface area contributed by atoms with Crippen LogP contribution < -0.4 is 15.5 Å². The molecule has 0 radical (unpaired) electrons. The molecule has 0 bridgehead atoms. The van der Waals surface area contributed by atoms with Crippen LogP contribution >= 0.6 is 0 Å². The Morgan fingerprint density at radius 1 is 1.03 bits per heavy atom. The molecule has 0 saturated carbocycles. The van der Waals surface area contributed by atoms with E-state index in [1.54, 1.807) is 0 Å². The number of aryl methyl sites for hydroxylation is 3. The predicted octanol–water partition coefficient (Wildman–Crippen LogP) is 5.06. The molecule has 2 aromatic rings. The van der Waals surface area contributed by atoms with Gasteiger partial charge in [0.2, 0.25) is 0 Å². The van der Waals surface area contributed by atoms with Gasteiger partial charge in [0.1, 0.15) is 11.6 Å². The fraction of sp³-hybridized carbons (Fsp3) is 0.333. The number of hydrogen-bond donors (Lipinski definition) is 2. The van der Waals surface area contributed by atoms with Crippen molar-refractivity contribution in [2.75, 3.05) is 28.6 Å². The molecule has 1 fully saturated rings. The van der Waals surface area contributed by atoms with Crippen LogP contribution in [0.25, 0.3) is 0 Å². The van der Waals surface area contributed by atoms with E-state index in [9.17, 15) is 10.1 Å². The van der Waals surface area contributed by atoms with Crippen LogP contribution in [-0.4, -0.2) is 19.0 Å². The van der Waals surface area contributed by atoms with Crippen LogP contribution in [0.5, 0.6) is 0 Å². The highest BCUT2D eigenvalue weighted by Gasteiger charge is 2.13. The van der Waals surface area contributed by atoms with Crippen molar-refractivity contribution in [3.05, 3.63) is 64.9 Å². The number of nitriles is 1. The number of benzene rings is 2. The van der Waals surface area contributed by atoms with Crippen LogP contribution in [0.2, 0.25) is 0 Å². The summed E-state index contributed by atoms with van der Waals surface area (Å²) in [5.41, 5.74) is 5.95. The molecule has 3 rings (SSSR count). The summed E-state index contributed by atoms with van der Waals surface area (Å²) >= 11 is 0. The zero-order valence-electron chi connectivity index (χ0n) is 17.4. The monoisotopic (exact) mass is 388 g/mol. The molecular weight excluding hydrogens is 360 g/mol. The third kappa shape index (κ3) is 5.17. The van der Waals surface area contributed by atoms with E-state index >= 15 is 0 Å². The first-order valence-corrected chi connectivity index (χ1v) is 10.1. The first-order chi connectivity index (χ1) is 14.0. The van der Waals surface area contributed by atoms with E-state index in [2.05, 4.69) is 27.7 Å². The van der Waals surface area contributed by atoms with Gasteiger partial charge in [-0.25, -0.2) is 0 Å². The zero-order valence-corrected chi connectivity index (χ0v) is 17.4. The van der Waals surface area contributed by atoms with E-state index in [0.717, 1.165) is 41.2 Å². The van der Waals surface area contributed by atoms with E-state index in [-0.39, 0.29) is 5.57 Å². The van der Waals surface area contributed by atoms with Crippen LogP contribution in [0.1, 0.15) is 36.0 Å². The van der Waals surface area contributed by atoms with Gasteiger partial charge in [-0.3, -0.25) is 4.79 Å². The normalized spacial score (nSPS) is 14.3. The minimum atomic E-state index is -0.417. The van der Waals surface area contributed by atoms with Gasteiger partial charge in [-0.1, -0.05) is 17.7 Å². The molecule has 0 atom stereocenters. The van der Waals surface area contributed by atoms with Gasteiger partial charge in [-0.05, 0) is 75.4 Å². The number of carbonyl (C=O) groups excluding carboxylic acids is 1. The molecular formula is C24H28N4O. The fourth-order valence-electron chi connectivity index (χ4n) is 3.78. The Morgan fingerprint density at radius 2 is 1.66 bits per heavy atom. The number of rotatable bonds is 5. The minimum absolute atomic E-state index is 0.0319. The molecule has 0 unspecified atom stereocenters. The topological polar surface area (TPSA) is 68.2 Å². The molecule has 1 amide bonds. The third-order valence-corrected chi connectivity index (χ3v) is 5.25. The second kappa shape index (κ2) is 9.29. The maximum absolute atomic E-state index is 12.6. The van der Waals surface area contributed by atoms with E-state index in [1.807, 2.05) is 51.1 Å². The average Bonchev–Trinajstić information content (AvgIpc) is 2.72. The number of anilines is 3. The summed E-state index contributed by atoms with van der Waals surface area (Å²) in [6, 6.07) is 14.1. The van der Waals surface area contributed by atoms with Gasteiger partial charge in [0.15, 0.2) is 0 Å². The third-order valence-electron chi connectivity index (χ3n) is 5.25. The molecule has 0 aromatic heterocycles. The molecule has 29 heavy (non-hydrogen) atoms. The van der Waals surface area contributed by atoms with Crippen LogP contribution in [0.4, 0.5) is 17.1 Å². The summed E-state index contributed by atoms with van der Waals surface area (Å²) in [4.78, 5) is 15.0. The molecule has 150 valence electrons. The smallest absolute Gasteiger partial charge is 0.267 e. The van der Waals surface area contributed by atoms with Crippen molar-refractivity contribution < 1.29 is 4.79 Å². The summed E-state index contributed by atoms with van der Waals surface area (Å²) in [7, 11) is 0. The molecule has 1 saturated heterocycles. The summed E-state index contributed by atoms with van der Waals surface area (Å²) < 4.78 is 0. The average molecular weight is 389 g/mol. The van der Waals surface area contributed by atoms with Gasteiger partial charge in [0.05, 0.1) is 0 Å². The van der Waals surface area contributed by atoms with Crippen molar-refractivity contribution in [2.45, 2.75) is 40.0 Å². The van der Waals surface area contributed by atoms with E-state index < -0.39 is 5.91 Å². The highest BCUT2D eigenvalue weighted by atomic mass is 16.1. The van der Waals surface area contributed by atoms with Crippen molar-refractivity contribution in [3.63, 3.8) is 0 Å². The lowest BCUT2D eigenvalue weighted by atomic mass is 10.0. The Balaban J connectivity index is 1.67. The van der Waals surface area contributed by atoms with Gasteiger partial charge in [-0.15, -0.1) is 0 Å². The van der Waals surface area contributed by atoms with Crippen molar-refractivity contribution in [3.8, 4) is 6.07 Å².